The molecule has 1 aliphatic rings. The molecule has 0 bridgehead atoms. The van der Waals surface area contributed by atoms with Gasteiger partial charge in [-0.15, -0.1) is 0 Å². The van der Waals surface area contributed by atoms with Gasteiger partial charge in [0.1, 0.15) is 18.1 Å². The number of ether oxygens (including phenoxy) is 1. The standard InChI is InChI=1S/C15H21NO5/c1-10(15-12(17)3-2-4-13(15)18)16-7-5-11(6-8-16)21-9-14(19)20/h2-4,10-11,17-18H,5-9H2,1H3,(H,19,20). The molecule has 3 N–H and O–H groups in total. The smallest absolute Gasteiger partial charge is 0.329 e. The quantitative estimate of drug-likeness (QED) is 0.766. The van der Waals surface area contributed by atoms with E-state index in [0.717, 1.165) is 25.9 Å². The van der Waals surface area contributed by atoms with Crippen molar-refractivity contribution in [2.45, 2.75) is 31.9 Å². The maximum absolute atomic E-state index is 10.5. The molecule has 1 heterocycles. The fourth-order valence-corrected chi connectivity index (χ4v) is 2.77. The van der Waals surface area contributed by atoms with Crippen molar-refractivity contribution in [2.24, 2.45) is 0 Å². The Morgan fingerprint density at radius 1 is 1.33 bits per heavy atom. The van der Waals surface area contributed by atoms with Crippen molar-refractivity contribution in [1.82, 2.24) is 4.90 Å². The van der Waals surface area contributed by atoms with Gasteiger partial charge in [0.25, 0.3) is 0 Å². The van der Waals surface area contributed by atoms with Gasteiger partial charge in [0, 0.05) is 19.1 Å². The molecule has 2 rings (SSSR count). The summed E-state index contributed by atoms with van der Waals surface area (Å²) >= 11 is 0. The van der Waals surface area contributed by atoms with Gasteiger partial charge in [-0.2, -0.15) is 0 Å². The van der Waals surface area contributed by atoms with Crippen molar-refractivity contribution < 1.29 is 24.9 Å². The van der Waals surface area contributed by atoms with Crippen molar-refractivity contribution in [3.63, 3.8) is 0 Å². The number of hydrogen-bond donors (Lipinski definition) is 3. The van der Waals surface area contributed by atoms with E-state index in [2.05, 4.69) is 4.90 Å². The van der Waals surface area contributed by atoms with Crippen LogP contribution in [0.15, 0.2) is 18.2 Å². The SMILES string of the molecule is CC(c1c(O)cccc1O)N1CCC(OCC(=O)O)CC1. The molecular formula is C15H21NO5. The summed E-state index contributed by atoms with van der Waals surface area (Å²) in [7, 11) is 0. The number of rotatable bonds is 5. The summed E-state index contributed by atoms with van der Waals surface area (Å²) in [4.78, 5) is 12.6. The van der Waals surface area contributed by atoms with Crippen molar-refractivity contribution in [2.75, 3.05) is 19.7 Å². The number of likely N-dealkylation sites (tertiary alicyclic amines) is 1. The predicted octanol–water partition coefficient (Wildman–Crippen LogP) is 1.72. The van der Waals surface area contributed by atoms with Crippen LogP contribution in [0.25, 0.3) is 0 Å². The number of phenolic OH excluding ortho intramolecular Hbond substituents is 2. The fraction of sp³-hybridized carbons (Fsp3) is 0.533. The monoisotopic (exact) mass is 295 g/mol. The van der Waals surface area contributed by atoms with E-state index in [0.29, 0.717) is 5.56 Å². The first-order chi connectivity index (χ1) is 9.99. The summed E-state index contributed by atoms with van der Waals surface area (Å²) in [6, 6.07) is 4.63. The summed E-state index contributed by atoms with van der Waals surface area (Å²) in [5.41, 5.74) is 0.530. The minimum absolute atomic E-state index is 0.0393. The van der Waals surface area contributed by atoms with Gasteiger partial charge in [0.15, 0.2) is 0 Å². The number of carboxylic acid groups (broad SMARTS) is 1. The van der Waals surface area contributed by atoms with Crippen LogP contribution in [-0.4, -0.2) is 52.0 Å². The Kier molecular flexibility index (Phi) is 5.03. The molecule has 1 saturated heterocycles. The summed E-state index contributed by atoms with van der Waals surface area (Å²) in [6.07, 6.45) is 1.44. The number of aromatic hydroxyl groups is 2. The summed E-state index contributed by atoms with van der Waals surface area (Å²) in [6.45, 7) is 3.14. The first-order valence-electron chi connectivity index (χ1n) is 7.07. The number of carboxylic acids is 1. The molecule has 0 radical (unpaired) electrons. The van der Waals surface area contributed by atoms with Gasteiger partial charge >= 0.3 is 5.97 Å². The number of aliphatic carboxylic acids is 1. The zero-order chi connectivity index (χ0) is 15.4. The molecule has 0 saturated carbocycles. The van der Waals surface area contributed by atoms with Crippen molar-refractivity contribution in [3.8, 4) is 11.5 Å². The van der Waals surface area contributed by atoms with Crippen molar-refractivity contribution in [1.29, 1.82) is 0 Å². The second kappa shape index (κ2) is 6.78. The van der Waals surface area contributed by atoms with E-state index in [9.17, 15) is 15.0 Å². The molecule has 0 aliphatic carbocycles. The van der Waals surface area contributed by atoms with E-state index >= 15 is 0 Å². The summed E-state index contributed by atoms with van der Waals surface area (Å²) < 4.78 is 5.30. The second-order valence-corrected chi connectivity index (χ2v) is 5.33. The Morgan fingerprint density at radius 2 is 1.90 bits per heavy atom. The third-order valence-electron chi connectivity index (χ3n) is 3.94. The second-order valence-electron chi connectivity index (χ2n) is 5.33. The number of nitrogens with zero attached hydrogens (tertiary/aromatic N) is 1. The van der Waals surface area contributed by atoms with Crippen LogP contribution in [0.5, 0.6) is 11.5 Å². The first kappa shape index (κ1) is 15.6. The average Bonchev–Trinajstić information content (AvgIpc) is 2.45. The molecule has 6 nitrogen and oxygen atoms in total. The van der Waals surface area contributed by atoms with E-state index in [1.165, 1.54) is 0 Å². The summed E-state index contributed by atoms with van der Waals surface area (Å²) in [5.74, 6) is -0.775. The highest BCUT2D eigenvalue weighted by Crippen LogP contribution is 2.36. The molecular weight excluding hydrogens is 274 g/mol. The molecule has 21 heavy (non-hydrogen) atoms. The molecule has 0 spiro atoms. The maximum atomic E-state index is 10.5. The minimum atomic E-state index is -0.954. The number of benzene rings is 1. The Hall–Kier alpha value is -1.79. The highest BCUT2D eigenvalue weighted by Gasteiger charge is 2.27. The third kappa shape index (κ3) is 3.86. The molecule has 116 valence electrons. The largest absolute Gasteiger partial charge is 0.507 e. The van der Waals surface area contributed by atoms with E-state index in [-0.39, 0.29) is 30.3 Å². The van der Waals surface area contributed by atoms with Crippen LogP contribution in [0.4, 0.5) is 0 Å². The third-order valence-corrected chi connectivity index (χ3v) is 3.94. The van der Waals surface area contributed by atoms with Crippen molar-refractivity contribution in [3.05, 3.63) is 23.8 Å². The van der Waals surface area contributed by atoms with Gasteiger partial charge in [-0.25, -0.2) is 4.79 Å². The molecule has 1 fully saturated rings. The van der Waals surface area contributed by atoms with Gasteiger partial charge < -0.3 is 20.1 Å². The first-order valence-corrected chi connectivity index (χ1v) is 7.07. The number of carbonyl (C=O) groups is 1. The highest BCUT2D eigenvalue weighted by molar-refractivity contribution is 5.68. The average molecular weight is 295 g/mol. The van der Waals surface area contributed by atoms with E-state index in [4.69, 9.17) is 9.84 Å². The number of piperidine rings is 1. The van der Waals surface area contributed by atoms with Crippen molar-refractivity contribution >= 4 is 5.97 Å². The highest BCUT2D eigenvalue weighted by atomic mass is 16.5. The molecule has 0 aromatic heterocycles. The summed E-state index contributed by atoms with van der Waals surface area (Å²) in [5, 5.41) is 28.4. The van der Waals surface area contributed by atoms with Crippen LogP contribution in [0.2, 0.25) is 0 Å². The van der Waals surface area contributed by atoms with Gasteiger partial charge in [0.05, 0.1) is 11.7 Å². The van der Waals surface area contributed by atoms with Gasteiger partial charge in [0.2, 0.25) is 0 Å². The Morgan fingerprint density at radius 3 is 2.43 bits per heavy atom. The predicted molar refractivity (Wildman–Crippen MR) is 76.4 cm³/mol. The zero-order valence-corrected chi connectivity index (χ0v) is 12.0. The minimum Gasteiger partial charge on any atom is -0.507 e. The Labute approximate surface area is 123 Å². The molecule has 1 aromatic carbocycles. The topological polar surface area (TPSA) is 90.2 Å². The lowest BCUT2D eigenvalue weighted by Gasteiger charge is -2.36. The van der Waals surface area contributed by atoms with Crippen LogP contribution in [0, 0.1) is 0 Å². The van der Waals surface area contributed by atoms with E-state index < -0.39 is 5.97 Å². The van der Waals surface area contributed by atoms with Gasteiger partial charge in [-0.3, -0.25) is 4.90 Å². The normalized spacial score (nSPS) is 18.5. The fourth-order valence-electron chi connectivity index (χ4n) is 2.77. The zero-order valence-electron chi connectivity index (χ0n) is 12.0. The molecule has 0 amide bonds. The molecule has 6 heteroatoms. The van der Waals surface area contributed by atoms with Crippen LogP contribution < -0.4 is 0 Å². The maximum Gasteiger partial charge on any atom is 0.329 e. The molecule has 1 unspecified atom stereocenters. The molecule has 1 aliphatic heterocycles. The van der Waals surface area contributed by atoms with E-state index in [1.807, 2.05) is 6.92 Å². The van der Waals surface area contributed by atoms with Gasteiger partial charge in [-0.1, -0.05) is 6.07 Å². The van der Waals surface area contributed by atoms with E-state index in [1.54, 1.807) is 18.2 Å². The lowest BCUT2D eigenvalue weighted by Crippen LogP contribution is -2.39. The number of hydrogen-bond acceptors (Lipinski definition) is 5. The van der Waals surface area contributed by atoms with Crippen LogP contribution in [0.3, 0.4) is 0 Å². The number of phenols is 2. The molecule has 1 aromatic rings. The van der Waals surface area contributed by atoms with Gasteiger partial charge in [-0.05, 0) is 31.9 Å². The van der Waals surface area contributed by atoms with Crippen LogP contribution in [-0.2, 0) is 9.53 Å². The molecule has 1 atom stereocenters. The lowest BCUT2D eigenvalue weighted by molar-refractivity contribution is -0.145. The Bertz CT molecular complexity index is 477. The van der Waals surface area contributed by atoms with Crippen LogP contribution in [0.1, 0.15) is 31.4 Å². The lowest BCUT2D eigenvalue weighted by atomic mass is 10.00. The Balaban J connectivity index is 1.94. The van der Waals surface area contributed by atoms with Crippen LogP contribution >= 0.6 is 0 Å².